The van der Waals surface area contributed by atoms with E-state index in [0.717, 1.165) is 18.4 Å². The zero-order valence-electron chi connectivity index (χ0n) is 6.90. The highest BCUT2D eigenvalue weighted by Crippen LogP contribution is 2.09. The van der Waals surface area contributed by atoms with Gasteiger partial charge in [0, 0.05) is 0 Å². The molecule has 0 unspecified atom stereocenters. The maximum Gasteiger partial charge on any atom is 0.0990 e. The van der Waals surface area contributed by atoms with Crippen molar-refractivity contribution < 1.29 is 0 Å². The third kappa shape index (κ3) is 2.97. The lowest BCUT2D eigenvalue weighted by Crippen LogP contribution is -2.10. The summed E-state index contributed by atoms with van der Waals surface area (Å²) in [5, 5.41) is 0. The molecule has 0 radical (unpaired) electrons. The van der Waals surface area contributed by atoms with E-state index in [9.17, 15) is 0 Å². The summed E-state index contributed by atoms with van der Waals surface area (Å²) in [5.41, 5.74) is 7.84. The number of allylic oxidation sites excluding steroid dienone is 1. The molecule has 0 heterocycles. The summed E-state index contributed by atoms with van der Waals surface area (Å²) in [6.45, 7) is 6.21. The van der Waals surface area contributed by atoms with Crippen molar-refractivity contribution in [3.8, 4) is 0 Å². The number of hydrogen-bond donors (Lipinski definition) is 1. The molecule has 0 bridgehead atoms. The lowest BCUT2D eigenvalue weighted by atomic mass is 10.1. The van der Waals surface area contributed by atoms with Gasteiger partial charge < -0.3 is 5.73 Å². The molecule has 1 nitrogen and oxygen atoms in total. The van der Waals surface area contributed by atoms with Crippen LogP contribution in [-0.4, -0.2) is 4.99 Å². The normalized spacial score (nSPS) is 12.7. The smallest absolute Gasteiger partial charge is 0.0990 e. The van der Waals surface area contributed by atoms with Gasteiger partial charge in [-0.2, -0.15) is 0 Å². The number of thiocarbonyl (C=S) groups is 1. The molecule has 0 aliphatic heterocycles. The molecule has 0 atom stereocenters. The van der Waals surface area contributed by atoms with Gasteiger partial charge in [-0.15, -0.1) is 0 Å². The molecule has 0 amide bonds. The van der Waals surface area contributed by atoms with Crippen LogP contribution < -0.4 is 5.73 Å². The van der Waals surface area contributed by atoms with E-state index < -0.39 is 0 Å². The van der Waals surface area contributed by atoms with Crippen molar-refractivity contribution in [2.24, 2.45) is 5.73 Å². The second-order valence-corrected chi connectivity index (χ2v) is 2.96. The van der Waals surface area contributed by atoms with E-state index >= 15 is 0 Å². The van der Waals surface area contributed by atoms with Crippen molar-refractivity contribution in [3.05, 3.63) is 11.1 Å². The second-order valence-electron chi connectivity index (χ2n) is 2.52. The summed E-state index contributed by atoms with van der Waals surface area (Å²) in [6, 6.07) is 0. The molecule has 0 saturated carbocycles. The molecule has 2 N–H and O–H groups in total. The third-order valence-electron chi connectivity index (χ3n) is 1.63. The third-order valence-corrected chi connectivity index (χ3v) is 1.94. The maximum atomic E-state index is 5.44. The van der Waals surface area contributed by atoms with E-state index in [4.69, 9.17) is 18.0 Å². The Labute approximate surface area is 68.3 Å². The van der Waals surface area contributed by atoms with Gasteiger partial charge in [0.25, 0.3) is 0 Å². The lowest BCUT2D eigenvalue weighted by molar-refractivity contribution is 0.898. The molecule has 0 saturated heterocycles. The van der Waals surface area contributed by atoms with Gasteiger partial charge in [-0.1, -0.05) is 31.1 Å². The first-order chi connectivity index (χ1) is 4.59. The van der Waals surface area contributed by atoms with E-state index in [1.807, 2.05) is 6.92 Å². The second kappa shape index (κ2) is 4.45. The predicted octanol–water partition coefficient (Wildman–Crippen LogP) is 2.41. The first-order valence-corrected chi connectivity index (χ1v) is 3.96. The van der Waals surface area contributed by atoms with E-state index in [0.29, 0.717) is 4.99 Å². The molecule has 2 heteroatoms. The molecule has 58 valence electrons. The van der Waals surface area contributed by atoms with Gasteiger partial charge in [-0.3, -0.25) is 0 Å². The van der Waals surface area contributed by atoms with Gasteiger partial charge in [0.05, 0.1) is 4.99 Å². The molecular weight excluding hydrogens is 142 g/mol. The van der Waals surface area contributed by atoms with Gasteiger partial charge in [-0.05, 0) is 25.8 Å². The minimum Gasteiger partial charge on any atom is -0.390 e. The zero-order valence-corrected chi connectivity index (χ0v) is 7.72. The Morgan fingerprint density at radius 2 is 1.90 bits per heavy atom. The minimum atomic E-state index is 0.533. The maximum absolute atomic E-state index is 5.44. The predicted molar refractivity (Wildman–Crippen MR) is 50.1 cm³/mol. The van der Waals surface area contributed by atoms with E-state index in [1.165, 1.54) is 5.57 Å². The quantitative estimate of drug-likeness (QED) is 0.503. The average molecular weight is 157 g/mol. The van der Waals surface area contributed by atoms with Crippen LogP contribution in [0.1, 0.15) is 33.6 Å². The van der Waals surface area contributed by atoms with E-state index in [-0.39, 0.29) is 0 Å². The summed E-state index contributed by atoms with van der Waals surface area (Å²) in [6.07, 6.45) is 2.26. The first-order valence-electron chi connectivity index (χ1n) is 3.55. The van der Waals surface area contributed by atoms with Crippen LogP contribution in [0.25, 0.3) is 0 Å². The summed E-state index contributed by atoms with van der Waals surface area (Å²) >= 11 is 4.83. The highest BCUT2D eigenvalue weighted by atomic mass is 32.1. The van der Waals surface area contributed by atoms with Gasteiger partial charge in [-0.25, -0.2) is 0 Å². The summed E-state index contributed by atoms with van der Waals surface area (Å²) in [4.78, 5) is 0.533. The molecule has 0 aliphatic carbocycles. The number of hydrogen-bond acceptors (Lipinski definition) is 1. The van der Waals surface area contributed by atoms with Crippen LogP contribution >= 0.6 is 12.2 Å². The summed E-state index contributed by atoms with van der Waals surface area (Å²) in [7, 11) is 0. The number of rotatable bonds is 3. The molecule has 0 spiro atoms. The van der Waals surface area contributed by atoms with Gasteiger partial charge in [0.15, 0.2) is 0 Å². The van der Waals surface area contributed by atoms with Crippen LogP contribution in [0, 0.1) is 0 Å². The van der Waals surface area contributed by atoms with Crippen LogP contribution in [0.15, 0.2) is 11.1 Å². The molecule has 10 heavy (non-hydrogen) atoms. The standard InChI is InChI=1S/C8H15NS/c1-4-5-6(2)7(3)8(9)10/h4-5H2,1-3H3,(H2,9,10)/b7-6-. The number of nitrogens with two attached hydrogens (primary N) is 1. The Morgan fingerprint density at radius 3 is 2.20 bits per heavy atom. The Bertz CT molecular complexity index is 159. The molecule has 0 fully saturated rings. The average Bonchev–Trinajstić information content (AvgIpc) is 1.87. The van der Waals surface area contributed by atoms with Crippen molar-refractivity contribution in [2.75, 3.05) is 0 Å². The van der Waals surface area contributed by atoms with Crippen LogP contribution in [0.5, 0.6) is 0 Å². The van der Waals surface area contributed by atoms with Crippen LogP contribution in [-0.2, 0) is 0 Å². The Morgan fingerprint density at radius 1 is 1.40 bits per heavy atom. The van der Waals surface area contributed by atoms with Crippen molar-refractivity contribution in [2.45, 2.75) is 33.6 Å². The van der Waals surface area contributed by atoms with Crippen molar-refractivity contribution in [1.29, 1.82) is 0 Å². The molecule has 0 aromatic carbocycles. The first kappa shape index (κ1) is 9.63. The molecule has 0 aromatic rings. The van der Waals surface area contributed by atoms with Crippen LogP contribution in [0.3, 0.4) is 0 Å². The van der Waals surface area contributed by atoms with Crippen molar-refractivity contribution in [3.63, 3.8) is 0 Å². The molecule has 0 aromatic heterocycles. The summed E-state index contributed by atoms with van der Waals surface area (Å²) in [5.74, 6) is 0. The van der Waals surface area contributed by atoms with Crippen molar-refractivity contribution >= 4 is 17.2 Å². The molecule has 0 aliphatic rings. The minimum absolute atomic E-state index is 0.533. The Kier molecular flexibility index (Phi) is 4.28. The fourth-order valence-electron chi connectivity index (χ4n) is 0.773. The highest BCUT2D eigenvalue weighted by molar-refractivity contribution is 7.80. The largest absolute Gasteiger partial charge is 0.390 e. The fraction of sp³-hybridized carbons (Fsp3) is 0.625. The van der Waals surface area contributed by atoms with Gasteiger partial charge in [0.2, 0.25) is 0 Å². The topological polar surface area (TPSA) is 26.0 Å². The lowest BCUT2D eigenvalue weighted by Gasteiger charge is -2.03. The van der Waals surface area contributed by atoms with Gasteiger partial charge in [0.1, 0.15) is 0 Å². The van der Waals surface area contributed by atoms with Crippen molar-refractivity contribution in [1.82, 2.24) is 0 Å². The Balaban J connectivity index is 4.19. The summed E-state index contributed by atoms with van der Waals surface area (Å²) < 4.78 is 0. The van der Waals surface area contributed by atoms with Crippen LogP contribution in [0.4, 0.5) is 0 Å². The Hall–Kier alpha value is -0.370. The molecular formula is C8H15NS. The van der Waals surface area contributed by atoms with E-state index in [2.05, 4.69) is 13.8 Å². The van der Waals surface area contributed by atoms with Crippen LogP contribution in [0.2, 0.25) is 0 Å². The highest BCUT2D eigenvalue weighted by Gasteiger charge is 1.97. The molecule has 0 rings (SSSR count). The van der Waals surface area contributed by atoms with E-state index in [1.54, 1.807) is 0 Å². The van der Waals surface area contributed by atoms with Gasteiger partial charge >= 0.3 is 0 Å². The SMILES string of the molecule is CCC/C(C)=C(/C)C(N)=S. The monoisotopic (exact) mass is 157 g/mol. The fourth-order valence-corrected chi connectivity index (χ4v) is 0.947. The zero-order chi connectivity index (χ0) is 8.15.